The molecule has 1 rings (SSSR count). The minimum atomic E-state index is -0.0381. The molecule has 1 aliphatic rings. The molecule has 78 valence electrons. The van der Waals surface area contributed by atoms with Gasteiger partial charge >= 0.3 is 0 Å². The Labute approximate surface area is 80.9 Å². The number of nitrogens with zero attached hydrogens (tertiary/aromatic N) is 1. The van der Waals surface area contributed by atoms with Crippen LogP contribution in [0.1, 0.15) is 32.1 Å². The van der Waals surface area contributed by atoms with Gasteiger partial charge in [-0.2, -0.15) is 0 Å². The molecular formula is C10H22N2O. The first-order valence-electron chi connectivity index (χ1n) is 5.30. The van der Waals surface area contributed by atoms with Crippen LogP contribution in [0.15, 0.2) is 0 Å². The second-order valence-electron chi connectivity index (χ2n) is 4.15. The van der Waals surface area contributed by atoms with Crippen LogP contribution < -0.4 is 5.73 Å². The van der Waals surface area contributed by atoms with Crippen LogP contribution in [0, 0.1) is 0 Å². The van der Waals surface area contributed by atoms with Crippen LogP contribution in [0.4, 0.5) is 0 Å². The molecule has 1 unspecified atom stereocenters. The molecule has 0 aromatic carbocycles. The lowest BCUT2D eigenvalue weighted by molar-refractivity contribution is 0.210. The van der Waals surface area contributed by atoms with Crippen molar-refractivity contribution in [3.05, 3.63) is 0 Å². The summed E-state index contributed by atoms with van der Waals surface area (Å²) in [6, 6.07) is 0.731. The molecule has 1 saturated carbocycles. The van der Waals surface area contributed by atoms with Gasteiger partial charge in [0.1, 0.15) is 0 Å². The van der Waals surface area contributed by atoms with E-state index in [0.717, 1.165) is 19.0 Å². The van der Waals surface area contributed by atoms with Crippen molar-refractivity contribution in [3.8, 4) is 0 Å². The molecule has 1 aliphatic carbocycles. The van der Waals surface area contributed by atoms with Crippen LogP contribution >= 0.6 is 0 Å². The maximum atomic E-state index is 8.77. The molecule has 3 N–H and O–H groups in total. The highest BCUT2D eigenvalue weighted by molar-refractivity contribution is 4.76. The molecule has 0 spiro atoms. The van der Waals surface area contributed by atoms with E-state index in [1.54, 1.807) is 0 Å². The van der Waals surface area contributed by atoms with Crippen LogP contribution in [0.25, 0.3) is 0 Å². The highest BCUT2D eigenvalue weighted by Gasteiger charge is 2.19. The zero-order chi connectivity index (χ0) is 9.68. The minimum Gasteiger partial charge on any atom is -0.395 e. The molecule has 13 heavy (non-hydrogen) atoms. The second-order valence-corrected chi connectivity index (χ2v) is 4.15. The number of rotatable bonds is 5. The first-order chi connectivity index (χ1) is 6.24. The summed E-state index contributed by atoms with van der Waals surface area (Å²) < 4.78 is 0. The number of aliphatic hydroxyl groups excluding tert-OH is 1. The number of hydrogen-bond acceptors (Lipinski definition) is 3. The Morgan fingerprint density at radius 1 is 1.46 bits per heavy atom. The predicted molar refractivity (Wildman–Crippen MR) is 54.6 cm³/mol. The molecule has 0 heterocycles. The van der Waals surface area contributed by atoms with Gasteiger partial charge in [0, 0.05) is 12.1 Å². The Hall–Kier alpha value is -0.120. The number of aliphatic hydroxyl groups is 1. The quantitative estimate of drug-likeness (QED) is 0.660. The third kappa shape index (κ3) is 3.63. The van der Waals surface area contributed by atoms with E-state index < -0.39 is 0 Å². The summed E-state index contributed by atoms with van der Waals surface area (Å²) in [4.78, 5) is 2.39. The Kier molecular flexibility index (Phi) is 4.70. The van der Waals surface area contributed by atoms with E-state index in [1.807, 2.05) is 0 Å². The van der Waals surface area contributed by atoms with Crippen molar-refractivity contribution in [2.45, 2.75) is 44.2 Å². The standard InChI is InChI=1S/C10H22N2O/c1-12(7-6-9(11)8-13)10-4-2-3-5-10/h9-10,13H,2-8,11H2,1H3. The minimum absolute atomic E-state index is 0.0381. The summed E-state index contributed by atoms with van der Waals surface area (Å²) in [6.45, 7) is 1.13. The molecule has 3 heteroatoms. The van der Waals surface area contributed by atoms with Crippen LogP contribution in [-0.4, -0.2) is 42.3 Å². The average molecular weight is 186 g/mol. The van der Waals surface area contributed by atoms with Gasteiger partial charge in [0.05, 0.1) is 6.61 Å². The van der Waals surface area contributed by atoms with Crippen molar-refractivity contribution >= 4 is 0 Å². The SMILES string of the molecule is CN(CCC(N)CO)C1CCCC1. The molecule has 3 nitrogen and oxygen atoms in total. The van der Waals surface area contributed by atoms with Gasteiger partial charge in [-0.05, 0) is 32.9 Å². The lowest BCUT2D eigenvalue weighted by atomic mass is 10.2. The van der Waals surface area contributed by atoms with E-state index >= 15 is 0 Å². The van der Waals surface area contributed by atoms with Gasteiger partial charge in [0.15, 0.2) is 0 Å². The van der Waals surface area contributed by atoms with Gasteiger partial charge in [-0.1, -0.05) is 12.8 Å². The van der Waals surface area contributed by atoms with Crippen molar-refractivity contribution in [2.24, 2.45) is 5.73 Å². The van der Waals surface area contributed by atoms with Crippen molar-refractivity contribution in [1.29, 1.82) is 0 Å². The highest BCUT2D eigenvalue weighted by atomic mass is 16.3. The summed E-state index contributed by atoms with van der Waals surface area (Å²) >= 11 is 0. The molecule has 0 aromatic heterocycles. The summed E-state index contributed by atoms with van der Waals surface area (Å²) in [7, 11) is 2.17. The highest BCUT2D eigenvalue weighted by Crippen LogP contribution is 2.22. The predicted octanol–water partition coefficient (Wildman–Crippen LogP) is 0.570. The first-order valence-corrected chi connectivity index (χ1v) is 5.30. The average Bonchev–Trinajstić information content (AvgIpc) is 2.66. The van der Waals surface area contributed by atoms with Crippen LogP contribution in [0.3, 0.4) is 0 Å². The van der Waals surface area contributed by atoms with E-state index in [-0.39, 0.29) is 12.6 Å². The third-order valence-corrected chi connectivity index (χ3v) is 3.04. The molecule has 0 aromatic rings. The van der Waals surface area contributed by atoms with Gasteiger partial charge in [-0.25, -0.2) is 0 Å². The maximum absolute atomic E-state index is 8.77. The van der Waals surface area contributed by atoms with Crippen LogP contribution in [-0.2, 0) is 0 Å². The summed E-state index contributed by atoms with van der Waals surface area (Å²) in [6.07, 6.45) is 6.33. The lowest BCUT2D eigenvalue weighted by Gasteiger charge is -2.24. The fraction of sp³-hybridized carbons (Fsp3) is 1.00. The smallest absolute Gasteiger partial charge is 0.0583 e. The zero-order valence-corrected chi connectivity index (χ0v) is 8.58. The maximum Gasteiger partial charge on any atom is 0.0583 e. The lowest BCUT2D eigenvalue weighted by Crippen LogP contribution is -2.35. The number of hydrogen-bond donors (Lipinski definition) is 2. The topological polar surface area (TPSA) is 49.5 Å². The monoisotopic (exact) mass is 186 g/mol. The van der Waals surface area contributed by atoms with E-state index in [0.29, 0.717) is 0 Å². The van der Waals surface area contributed by atoms with Gasteiger partial charge in [-0.15, -0.1) is 0 Å². The first kappa shape index (κ1) is 11.0. The van der Waals surface area contributed by atoms with Crippen molar-refractivity contribution in [2.75, 3.05) is 20.2 Å². The molecule has 0 aliphatic heterocycles. The summed E-state index contributed by atoms with van der Waals surface area (Å²) in [5.74, 6) is 0. The molecule has 0 saturated heterocycles. The fourth-order valence-corrected chi connectivity index (χ4v) is 1.99. The molecule has 0 radical (unpaired) electrons. The van der Waals surface area contributed by atoms with Gasteiger partial charge in [-0.3, -0.25) is 0 Å². The molecule has 0 amide bonds. The molecular weight excluding hydrogens is 164 g/mol. The third-order valence-electron chi connectivity index (χ3n) is 3.04. The Morgan fingerprint density at radius 2 is 2.08 bits per heavy atom. The molecule has 0 bridgehead atoms. The normalized spacial score (nSPS) is 21.2. The summed E-state index contributed by atoms with van der Waals surface area (Å²) in [5, 5.41) is 8.77. The van der Waals surface area contributed by atoms with E-state index in [1.165, 1.54) is 25.7 Å². The summed E-state index contributed by atoms with van der Waals surface area (Å²) in [5.41, 5.74) is 5.64. The van der Waals surface area contributed by atoms with Crippen LogP contribution in [0.5, 0.6) is 0 Å². The Balaban J connectivity index is 2.12. The van der Waals surface area contributed by atoms with Crippen molar-refractivity contribution < 1.29 is 5.11 Å². The van der Waals surface area contributed by atoms with Gasteiger partial charge < -0.3 is 15.7 Å². The van der Waals surface area contributed by atoms with E-state index in [2.05, 4.69) is 11.9 Å². The zero-order valence-electron chi connectivity index (χ0n) is 8.58. The Morgan fingerprint density at radius 3 is 2.62 bits per heavy atom. The second kappa shape index (κ2) is 5.58. The fourth-order valence-electron chi connectivity index (χ4n) is 1.99. The van der Waals surface area contributed by atoms with Crippen molar-refractivity contribution in [3.63, 3.8) is 0 Å². The van der Waals surface area contributed by atoms with E-state index in [9.17, 15) is 0 Å². The van der Waals surface area contributed by atoms with Gasteiger partial charge in [0.25, 0.3) is 0 Å². The largest absolute Gasteiger partial charge is 0.395 e. The number of nitrogens with two attached hydrogens (primary N) is 1. The van der Waals surface area contributed by atoms with E-state index in [4.69, 9.17) is 10.8 Å². The van der Waals surface area contributed by atoms with Crippen molar-refractivity contribution in [1.82, 2.24) is 4.90 Å². The van der Waals surface area contributed by atoms with Crippen LogP contribution in [0.2, 0.25) is 0 Å². The molecule has 1 fully saturated rings. The molecule has 1 atom stereocenters. The van der Waals surface area contributed by atoms with Gasteiger partial charge in [0.2, 0.25) is 0 Å². The Bertz CT molecular complexity index is 135.